The Hall–Kier alpha value is -2.05. The summed E-state index contributed by atoms with van der Waals surface area (Å²) in [6, 6.07) is 0. The van der Waals surface area contributed by atoms with Crippen molar-refractivity contribution in [3.05, 3.63) is 17.2 Å². The van der Waals surface area contributed by atoms with Gasteiger partial charge >= 0.3 is 12.1 Å². The molecule has 1 fully saturated rings. The van der Waals surface area contributed by atoms with E-state index < -0.39 is 11.6 Å². The monoisotopic (exact) mass is 309 g/mol. The quantitative estimate of drug-likeness (QED) is 0.875. The lowest BCUT2D eigenvalue weighted by Crippen LogP contribution is -2.42. The summed E-state index contributed by atoms with van der Waals surface area (Å²) in [5, 5.41) is 9.08. The van der Waals surface area contributed by atoms with E-state index in [1.165, 1.54) is 0 Å². The third-order valence-electron chi connectivity index (χ3n) is 3.57. The Kier molecular flexibility index (Phi) is 4.44. The van der Waals surface area contributed by atoms with Gasteiger partial charge in [-0.3, -0.25) is 0 Å². The molecular formula is C15H23N3O4. The van der Waals surface area contributed by atoms with Crippen molar-refractivity contribution in [2.75, 3.05) is 13.1 Å². The first kappa shape index (κ1) is 16.3. The van der Waals surface area contributed by atoms with Crippen molar-refractivity contribution in [2.24, 2.45) is 0 Å². The van der Waals surface area contributed by atoms with Crippen LogP contribution in [0.3, 0.4) is 0 Å². The molecule has 1 aliphatic rings. The number of nitrogens with one attached hydrogen (secondary N) is 1. The standard InChI is InChI=1S/C15H23N3O4/c1-9-11(13(19)20)17-12(16-9)10-6-5-7-18(8-10)14(21)22-15(2,3)4/h10H,5-8H2,1-4H3,(H,16,17)(H,19,20). The molecule has 0 aliphatic carbocycles. The summed E-state index contributed by atoms with van der Waals surface area (Å²) in [5.74, 6) is -0.406. The molecule has 1 atom stereocenters. The number of rotatable bonds is 2. The van der Waals surface area contributed by atoms with Crippen LogP contribution in [0.2, 0.25) is 0 Å². The number of aromatic amines is 1. The highest BCUT2D eigenvalue weighted by molar-refractivity contribution is 5.86. The molecule has 0 radical (unpaired) electrons. The molecule has 0 bridgehead atoms. The fourth-order valence-corrected chi connectivity index (χ4v) is 2.58. The molecule has 1 aromatic rings. The number of hydrogen-bond acceptors (Lipinski definition) is 4. The summed E-state index contributed by atoms with van der Waals surface area (Å²) in [6.45, 7) is 8.33. The number of ether oxygens (including phenoxy) is 1. The zero-order valence-corrected chi connectivity index (χ0v) is 13.5. The van der Waals surface area contributed by atoms with Crippen molar-refractivity contribution in [2.45, 2.75) is 52.1 Å². The summed E-state index contributed by atoms with van der Waals surface area (Å²) in [6.07, 6.45) is 1.37. The van der Waals surface area contributed by atoms with Crippen LogP contribution in [0.5, 0.6) is 0 Å². The molecule has 2 heterocycles. The molecule has 1 saturated heterocycles. The van der Waals surface area contributed by atoms with Gasteiger partial charge in [0.25, 0.3) is 0 Å². The second-order valence-electron chi connectivity index (χ2n) is 6.67. The van der Waals surface area contributed by atoms with E-state index >= 15 is 0 Å². The fraction of sp³-hybridized carbons (Fsp3) is 0.667. The van der Waals surface area contributed by atoms with E-state index in [1.807, 2.05) is 20.8 Å². The zero-order chi connectivity index (χ0) is 16.5. The molecule has 1 aliphatic heterocycles. The maximum Gasteiger partial charge on any atom is 0.410 e. The van der Waals surface area contributed by atoms with Gasteiger partial charge in [-0.1, -0.05) is 0 Å². The maximum absolute atomic E-state index is 12.1. The van der Waals surface area contributed by atoms with Gasteiger partial charge in [-0.2, -0.15) is 0 Å². The van der Waals surface area contributed by atoms with E-state index in [-0.39, 0.29) is 17.7 Å². The van der Waals surface area contributed by atoms with Crippen LogP contribution in [0.1, 0.15) is 61.5 Å². The van der Waals surface area contributed by atoms with Crippen molar-refractivity contribution < 1.29 is 19.4 Å². The van der Waals surface area contributed by atoms with Crippen LogP contribution in [-0.4, -0.2) is 50.7 Å². The zero-order valence-electron chi connectivity index (χ0n) is 13.5. The SMILES string of the molecule is Cc1[nH]c(C2CCCN(C(=O)OC(C)(C)C)C2)nc1C(=O)O. The topological polar surface area (TPSA) is 95.5 Å². The minimum atomic E-state index is -1.04. The predicted octanol–water partition coefficient (Wildman–Crippen LogP) is 2.53. The van der Waals surface area contributed by atoms with E-state index in [9.17, 15) is 9.59 Å². The second kappa shape index (κ2) is 5.98. The number of aromatic nitrogens is 2. The van der Waals surface area contributed by atoms with E-state index in [0.717, 1.165) is 12.8 Å². The summed E-state index contributed by atoms with van der Waals surface area (Å²) < 4.78 is 5.39. The minimum Gasteiger partial charge on any atom is -0.476 e. The van der Waals surface area contributed by atoms with Crippen LogP contribution in [-0.2, 0) is 4.74 Å². The van der Waals surface area contributed by atoms with Crippen LogP contribution >= 0.6 is 0 Å². The Morgan fingerprint density at radius 3 is 2.64 bits per heavy atom. The molecule has 0 aromatic carbocycles. The first-order valence-corrected chi connectivity index (χ1v) is 7.45. The lowest BCUT2D eigenvalue weighted by atomic mass is 9.98. The number of imidazole rings is 1. The molecule has 1 aromatic heterocycles. The van der Waals surface area contributed by atoms with E-state index in [1.54, 1.807) is 11.8 Å². The summed E-state index contributed by atoms with van der Waals surface area (Å²) >= 11 is 0. The van der Waals surface area contributed by atoms with Gasteiger partial charge in [0.05, 0.1) is 0 Å². The van der Waals surface area contributed by atoms with Crippen LogP contribution < -0.4 is 0 Å². The van der Waals surface area contributed by atoms with E-state index in [4.69, 9.17) is 9.84 Å². The van der Waals surface area contributed by atoms with Crippen LogP contribution in [0.15, 0.2) is 0 Å². The Balaban J connectivity index is 2.09. The number of likely N-dealkylation sites (tertiary alicyclic amines) is 1. The Morgan fingerprint density at radius 2 is 2.09 bits per heavy atom. The highest BCUT2D eigenvalue weighted by Crippen LogP contribution is 2.27. The fourth-order valence-electron chi connectivity index (χ4n) is 2.58. The molecule has 7 heteroatoms. The van der Waals surface area contributed by atoms with Crippen LogP contribution in [0.4, 0.5) is 4.79 Å². The second-order valence-corrected chi connectivity index (χ2v) is 6.67. The van der Waals surface area contributed by atoms with Crippen LogP contribution in [0, 0.1) is 6.92 Å². The average Bonchev–Trinajstić information content (AvgIpc) is 2.79. The molecule has 22 heavy (non-hydrogen) atoms. The first-order chi connectivity index (χ1) is 10.2. The maximum atomic E-state index is 12.1. The highest BCUT2D eigenvalue weighted by Gasteiger charge is 2.30. The number of carboxylic acids is 1. The Labute approximate surface area is 129 Å². The number of carboxylic acid groups (broad SMARTS) is 1. The number of nitrogens with zero attached hydrogens (tertiary/aromatic N) is 2. The lowest BCUT2D eigenvalue weighted by Gasteiger charge is -2.33. The van der Waals surface area contributed by atoms with Gasteiger partial charge in [0.2, 0.25) is 0 Å². The number of amides is 1. The first-order valence-electron chi connectivity index (χ1n) is 7.45. The summed E-state index contributed by atoms with van der Waals surface area (Å²) in [4.78, 5) is 32.1. The largest absolute Gasteiger partial charge is 0.476 e. The van der Waals surface area contributed by atoms with Gasteiger partial charge in [-0.05, 0) is 40.5 Å². The number of H-pyrrole nitrogens is 1. The smallest absolute Gasteiger partial charge is 0.410 e. The molecule has 122 valence electrons. The number of aryl methyl sites for hydroxylation is 1. The third kappa shape index (κ3) is 3.78. The van der Waals surface area contributed by atoms with Gasteiger partial charge in [0.1, 0.15) is 11.4 Å². The highest BCUT2D eigenvalue weighted by atomic mass is 16.6. The number of aromatic carboxylic acids is 1. The molecule has 0 spiro atoms. The molecule has 2 rings (SSSR count). The number of piperidine rings is 1. The normalized spacial score (nSPS) is 19.1. The minimum absolute atomic E-state index is 0.00747. The molecule has 2 N–H and O–H groups in total. The molecule has 1 amide bonds. The Morgan fingerprint density at radius 1 is 1.41 bits per heavy atom. The van der Waals surface area contributed by atoms with Gasteiger partial charge in [-0.25, -0.2) is 14.6 Å². The van der Waals surface area contributed by atoms with Crippen molar-refractivity contribution in [1.82, 2.24) is 14.9 Å². The van der Waals surface area contributed by atoms with E-state index in [2.05, 4.69) is 9.97 Å². The van der Waals surface area contributed by atoms with Gasteiger partial charge in [0.15, 0.2) is 5.69 Å². The molecular weight excluding hydrogens is 286 g/mol. The molecule has 7 nitrogen and oxygen atoms in total. The van der Waals surface area contributed by atoms with Crippen molar-refractivity contribution in [3.8, 4) is 0 Å². The van der Waals surface area contributed by atoms with Crippen molar-refractivity contribution in [3.63, 3.8) is 0 Å². The third-order valence-corrected chi connectivity index (χ3v) is 3.57. The number of carbonyl (C=O) groups is 2. The number of carbonyl (C=O) groups excluding carboxylic acids is 1. The van der Waals surface area contributed by atoms with Crippen molar-refractivity contribution >= 4 is 12.1 Å². The molecule has 0 saturated carbocycles. The van der Waals surface area contributed by atoms with Crippen LogP contribution in [0.25, 0.3) is 0 Å². The summed E-state index contributed by atoms with van der Waals surface area (Å²) in [7, 11) is 0. The van der Waals surface area contributed by atoms with Gasteiger partial charge in [-0.15, -0.1) is 0 Å². The predicted molar refractivity (Wildman–Crippen MR) is 80.1 cm³/mol. The molecule has 1 unspecified atom stereocenters. The average molecular weight is 309 g/mol. The van der Waals surface area contributed by atoms with Crippen molar-refractivity contribution in [1.29, 1.82) is 0 Å². The van der Waals surface area contributed by atoms with E-state index in [0.29, 0.717) is 24.6 Å². The van der Waals surface area contributed by atoms with Gasteiger partial charge < -0.3 is 19.7 Å². The number of hydrogen-bond donors (Lipinski definition) is 2. The lowest BCUT2D eigenvalue weighted by molar-refractivity contribution is 0.0195. The Bertz CT molecular complexity index is 574. The summed E-state index contributed by atoms with van der Waals surface area (Å²) in [5.41, 5.74) is 0.0585. The van der Waals surface area contributed by atoms with Gasteiger partial charge in [0, 0.05) is 24.7 Å².